The molecule has 0 atom stereocenters. The predicted molar refractivity (Wildman–Crippen MR) is 86.8 cm³/mol. The number of benzene rings is 1. The van der Waals surface area contributed by atoms with Crippen LogP contribution in [-0.4, -0.2) is 18.1 Å². The van der Waals surface area contributed by atoms with Crippen molar-refractivity contribution in [1.82, 2.24) is 0 Å². The van der Waals surface area contributed by atoms with Gasteiger partial charge in [0.05, 0.1) is 0 Å². The molecule has 0 amide bonds. The summed E-state index contributed by atoms with van der Waals surface area (Å²) in [5.41, 5.74) is 9.35. The fraction of sp³-hybridized carbons (Fsp3) is 0.562. The van der Waals surface area contributed by atoms with Crippen LogP contribution in [0.4, 0.5) is 5.69 Å². The molecule has 1 aliphatic rings. The van der Waals surface area contributed by atoms with Crippen molar-refractivity contribution in [3.8, 4) is 0 Å². The van der Waals surface area contributed by atoms with Gasteiger partial charge in [0.15, 0.2) is 0 Å². The number of anilines is 1. The van der Waals surface area contributed by atoms with Crippen LogP contribution in [-0.2, 0) is 0 Å². The third-order valence-electron chi connectivity index (χ3n) is 4.24. The average Bonchev–Trinajstić information content (AvgIpc) is 2.38. The summed E-state index contributed by atoms with van der Waals surface area (Å²) >= 11 is 5.18. The molecule has 2 nitrogen and oxygen atoms in total. The summed E-state index contributed by atoms with van der Waals surface area (Å²) < 4.78 is 0. The molecule has 1 saturated heterocycles. The largest absolute Gasteiger partial charge is 0.389 e. The first-order valence-corrected chi connectivity index (χ1v) is 7.55. The molecule has 0 radical (unpaired) electrons. The van der Waals surface area contributed by atoms with Crippen molar-refractivity contribution in [3.05, 3.63) is 29.3 Å². The van der Waals surface area contributed by atoms with Crippen molar-refractivity contribution < 1.29 is 0 Å². The Kier molecular flexibility index (Phi) is 4.46. The maximum Gasteiger partial charge on any atom is 0.106 e. The van der Waals surface area contributed by atoms with Crippen LogP contribution in [0.3, 0.4) is 0 Å². The van der Waals surface area contributed by atoms with Gasteiger partial charge in [0, 0.05) is 24.3 Å². The normalized spacial score (nSPS) is 16.9. The quantitative estimate of drug-likeness (QED) is 0.857. The van der Waals surface area contributed by atoms with Gasteiger partial charge in [0.25, 0.3) is 0 Å². The number of rotatable bonds is 3. The van der Waals surface area contributed by atoms with E-state index in [0.717, 1.165) is 30.5 Å². The number of thiocarbonyl (C=S) groups is 1. The van der Waals surface area contributed by atoms with Crippen LogP contribution >= 0.6 is 12.2 Å². The molecule has 1 aliphatic heterocycles. The summed E-state index contributed by atoms with van der Waals surface area (Å²) in [6.45, 7) is 9.00. The van der Waals surface area contributed by atoms with Gasteiger partial charge in [-0.05, 0) is 49.3 Å². The van der Waals surface area contributed by atoms with Gasteiger partial charge in [0.2, 0.25) is 0 Å². The molecule has 2 rings (SSSR count). The van der Waals surface area contributed by atoms with Crippen molar-refractivity contribution in [3.63, 3.8) is 0 Å². The maximum atomic E-state index is 5.85. The molecular formula is C16H24N2S. The standard InChI is InChI=1S/C16H24N2S/c1-11(2)13-6-8-18(9-7-13)15-10-12(3)4-5-14(15)16(17)19/h4-5,10-11,13H,6-9H2,1-3H3,(H2,17,19). The van der Waals surface area contributed by atoms with E-state index >= 15 is 0 Å². The third-order valence-corrected chi connectivity index (χ3v) is 4.46. The predicted octanol–water partition coefficient (Wildman–Crippen LogP) is 3.50. The molecule has 1 aromatic rings. The summed E-state index contributed by atoms with van der Waals surface area (Å²) in [7, 11) is 0. The Morgan fingerprint density at radius 2 is 1.95 bits per heavy atom. The lowest BCUT2D eigenvalue weighted by atomic mass is 9.86. The number of hydrogen-bond acceptors (Lipinski definition) is 2. The highest BCUT2D eigenvalue weighted by Gasteiger charge is 2.23. The molecule has 0 aromatic heterocycles. The van der Waals surface area contributed by atoms with Crippen molar-refractivity contribution in [2.45, 2.75) is 33.6 Å². The Bertz CT molecular complexity index is 460. The first kappa shape index (κ1) is 14.3. The fourth-order valence-corrected chi connectivity index (χ4v) is 3.09. The van der Waals surface area contributed by atoms with E-state index in [4.69, 9.17) is 18.0 Å². The molecule has 0 saturated carbocycles. The highest BCUT2D eigenvalue weighted by Crippen LogP contribution is 2.30. The van der Waals surface area contributed by atoms with Gasteiger partial charge >= 0.3 is 0 Å². The van der Waals surface area contributed by atoms with Gasteiger partial charge < -0.3 is 10.6 Å². The van der Waals surface area contributed by atoms with Crippen LogP contribution in [0, 0.1) is 18.8 Å². The Labute approximate surface area is 122 Å². The molecule has 1 fully saturated rings. The van der Waals surface area contributed by atoms with Crippen molar-refractivity contribution >= 4 is 22.9 Å². The molecule has 3 heteroatoms. The van der Waals surface area contributed by atoms with Crippen LogP contribution in [0.15, 0.2) is 18.2 Å². The number of hydrogen-bond donors (Lipinski definition) is 1. The van der Waals surface area contributed by atoms with Crippen LogP contribution in [0.25, 0.3) is 0 Å². The summed E-state index contributed by atoms with van der Waals surface area (Å²) in [6.07, 6.45) is 2.53. The van der Waals surface area contributed by atoms with Crippen LogP contribution in [0.2, 0.25) is 0 Å². The summed E-state index contributed by atoms with van der Waals surface area (Å²) in [4.78, 5) is 2.95. The molecule has 0 aliphatic carbocycles. The number of piperidine rings is 1. The van der Waals surface area contributed by atoms with E-state index in [-0.39, 0.29) is 0 Å². The lowest BCUT2D eigenvalue weighted by molar-refractivity contribution is 0.311. The molecule has 1 aromatic carbocycles. The lowest BCUT2D eigenvalue weighted by Gasteiger charge is -2.36. The second-order valence-electron chi connectivity index (χ2n) is 5.95. The van der Waals surface area contributed by atoms with E-state index in [0.29, 0.717) is 4.99 Å². The van der Waals surface area contributed by atoms with Gasteiger partial charge in [0.1, 0.15) is 4.99 Å². The summed E-state index contributed by atoms with van der Waals surface area (Å²) in [5.74, 6) is 1.64. The number of nitrogens with two attached hydrogens (primary N) is 1. The van der Waals surface area contributed by atoms with Gasteiger partial charge in [-0.1, -0.05) is 32.1 Å². The molecule has 19 heavy (non-hydrogen) atoms. The van der Waals surface area contributed by atoms with Gasteiger partial charge in [-0.2, -0.15) is 0 Å². The zero-order valence-electron chi connectivity index (χ0n) is 12.1. The maximum absolute atomic E-state index is 5.85. The molecule has 0 spiro atoms. The van der Waals surface area contributed by atoms with Crippen molar-refractivity contribution in [2.75, 3.05) is 18.0 Å². The highest BCUT2D eigenvalue weighted by molar-refractivity contribution is 7.80. The number of aryl methyl sites for hydroxylation is 1. The fourth-order valence-electron chi connectivity index (χ4n) is 2.92. The molecule has 0 bridgehead atoms. The molecule has 0 unspecified atom stereocenters. The minimum Gasteiger partial charge on any atom is -0.389 e. The topological polar surface area (TPSA) is 29.3 Å². The number of nitrogens with zero attached hydrogens (tertiary/aromatic N) is 1. The summed E-state index contributed by atoms with van der Waals surface area (Å²) in [6, 6.07) is 6.35. The van der Waals surface area contributed by atoms with Crippen molar-refractivity contribution in [1.29, 1.82) is 0 Å². The SMILES string of the molecule is Cc1ccc(C(N)=S)c(N2CCC(C(C)C)CC2)c1. The monoisotopic (exact) mass is 276 g/mol. The second kappa shape index (κ2) is 5.91. The minimum absolute atomic E-state index is 0.501. The molecule has 2 N–H and O–H groups in total. The van der Waals surface area contributed by atoms with E-state index in [9.17, 15) is 0 Å². The Morgan fingerprint density at radius 3 is 2.47 bits per heavy atom. The smallest absolute Gasteiger partial charge is 0.106 e. The average molecular weight is 276 g/mol. The minimum atomic E-state index is 0.501. The highest BCUT2D eigenvalue weighted by atomic mass is 32.1. The van der Waals surface area contributed by atoms with Crippen LogP contribution < -0.4 is 10.6 Å². The zero-order valence-corrected chi connectivity index (χ0v) is 13.0. The Balaban J connectivity index is 2.19. The first-order chi connectivity index (χ1) is 8.99. The van der Waals surface area contributed by atoms with E-state index in [1.807, 2.05) is 0 Å². The Hall–Kier alpha value is -1.09. The Morgan fingerprint density at radius 1 is 1.32 bits per heavy atom. The first-order valence-electron chi connectivity index (χ1n) is 7.14. The summed E-state index contributed by atoms with van der Waals surface area (Å²) in [5, 5.41) is 0. The van der Waals surface area contributed by atoms with Gasteiger partial charge in [-0.15, -0.1) is 0 Å². The zero-order chi connectivity index (χ0) is 14.0. The van der Waals surface area contributed by atoms with Crippen LogP contribution in [0.5, 0.6) is 0 Å². The van der Waals surface area contributed by atoms with E-state index in [2.05, 4.69) is 43.9 Å². The molecule has 104 valence electrons. The second-order valence-corrected chi connectivity index (χ2v) is 6.39. The van der Waals surface area contributed by atoms with Crippen LogP contribution in [0.1, 0.15) is 37.8 Å². The van der Waals surface area contributed by atoms with E-state index < -0.39 is 0 Å². The van der Waals surface area contributed by atoms with Gasteiger partial charge in [-0.3, -0.25) is 0 Å². The van der Waals surface area contributed by atoms with E-state index in [1.165, 1.54) is 24.1 Å². The molecule has 1 heterocycles. The van der Waals surface area contributed by atoms with E-state index in [1.54, 1.807) is 0 Å². The third kappa shape index (κ3) is 3.27. The van der Waals surface area contributed by atoms with Crippen molar-refractivity contribution in [2.24, 2.45) is 17.6 Å². The molecular weight excluding hydrogens is 252 g/mol. The van der Waals surface area contributed by atoms with Gasteiger partial charge in [-0.25, -0.2) is 0 Å². The lowest BCUT2D eigenvalue weighted by Crippen LogP contribution is -2.36.